The lowest BCUT2D eigenvalue weighted by Gasteiger charge is -2.31. The second-order valence-electron chi connectivity index (χ2n) is 6.11. The standard InChI is InChI=1S/C17H21FN2O2S2/c18-15-3-1-5-17(11-15)24(21,22)19-12-14-6-8-20(9-7-14)13-16-4-2-10-23-16/h1-5,10-11,14,19H,6-9,12-13H2. The van der Waals surface area contributed by atoms with Gasteiger partial charge in [-0.1, -0.05) is 12.1 Å². The van der Waals surface area contributed by atoms with Crippen molar-refractivity contribution in [2.24, 2.45) is 5.92 Å². The highest BCUT2D eigenvalue weighted by Gasteiger charge is 2.22. The van der Waals surface area contributed by atoms with Crippen LogP contribution in [0.3, 0.4) is 0 Å². The Labute approximate surface area is 146 Å². The summed E-state index contributed by atoms with van der Waals surface area (Å²) in [6, 6.07) is 9.31. The summed E-state index contributed by atoms with van der Waals surface area (Å²) in [5, 5.41) is 2.09. The van der Waals surface area contributed by atoms with Crippen molar-refractivity contribution in [1.82, 2.24) is 9.62 Å². The smallest absolute Gasteiger partial charge is 0.240 e. The predicted octanol–water partition coefficient (Wildman–Crippen LogP) is 3.08. The fraction of sp³-hybridized carbons (Fsp3) is 0.412. The molecule has 2 aromatic rings. The van der Waals surface area contributed by atoms with Gasteiger partial charge in [-0.2, -0.15) is 0 Å². The lowest BCUT2D eigenvalue weighted by Crippen LogP contribution is -2.38. The van der Waals surface area contributed by atoms with Gasteiger partial charge in [0.15, 0.2) is 0 Å². The molecule has 1 aromatic heterocycles. The molecule has 24 heavy (non-hydrogen) atoms. The monoisotopic (exact) mass is 368 g/mol. The molecule has 3 rings (SSSR count). The molecule has 4 nitrogen and oxygen atoms in total. The molecule has 1 fully saturated rings. The number of rotatable bonds is 6. The van der Waals surface area contributed by atoms with Gasteiger partial charge in [-0.3, -0.25) is 4.90 Å². The van der Waals surface area contributed by atoms with Crippen LogP contribution in [0.5, 0.6) is 0 Å². The van der Waals surface area contributed by atoms with Gasteiger partial charge in [0, 0.05) is 18.0 Å². The Morgan fingerprint density at radius 3 is 2.67 bits per heavy atom. The van der Waals surface area contributed by atoms with Crippen LogP contribution in [0, 0.1) is 11.7 Å². The maximum Gasteiger partial charge on any atom is 0.240 e. The van der Waals surface area contributed by atoms with Gasteiger partial charge in [0.1, 0.15) is 5.82 Å². The summed E-state index contributed by atoms with van der Waals surface area (Å²) >= 11 is 1.77. The lowest BCUT2D eigenvalue weighted by molar-refractivity contribution is 0.180. The van der Waals surface area contributed by atoms with E-state index in [9.17, 15) is 12.8 Å². The van der Waals surface area contributed by atoms with Crippen LogP contribution in [0.2, 0.25) is 0 Å². The molecule has 0 amide bonds. The van der Waals surface area contributed by atoms with Crippen molar-refractivity contribution in [3.05, 3.63) is 52.5 Å². The van der Waals surface area contributed by atoms with Gasteiger partial charge in [0.2, 0.25) is 10.0 Å². The van der Waals surface area contributed by atoms with E-state index < -0.39 is 15.8 Å². The summed E-state index contributed by atoms with van der Waals surface area (Å²) in [5.41, 5.74) is 0. The molecule has 1 N–H and O–H groups in total. The number of halogens is 1. The zero-order chi connectivity index (χ0) is 17.0. The third-order valence-electron chi connectivity index (χ3n) is 4.34. The third kappa shape index (κ3) is 4.63. The van der Waals surface area contributed by atoms with E-state index >= 15 is 0 Å². The Morgan fingerprint density at radius 2 is 2.00 bits per heavy atom. The van der Waals surface area contributed by atoms with Crippen molar-refractivity contribution in [1.29, 1.82) is 0 Å². The molecule has 1 aromatic carbocycles. The second-order valence-corrected chi connectivity index (χ2v) is 8.91. The third-order valence-corrected chi connectivity index (χ3v) is 6.62. The first kappa shape index (κ1) is 17.5. The van der Waals surface area contributed by atoms with Crippen molar-refractivity contribution in [2.75, 3.05) is 19.6 Å². The number of hydrogen-bond donors (Lipinski definition) is 1. The van der Waals surface area contributed by atoms with Gasteiger partial charge < -0.3 is 0 Å². The first-order chi connectivity index (χ1) is 11.5. The summed E-state index contributed by atoms with van der Waals surface area (Å²) in [5.74, 6) is -0.215. The fourth-order valence-corrected chi connectivity index (χ4v) is 4.81. The molecule has 0 bridgehead atoms. The molecular weight excluding hydrogens is 347 g/mol. The van der Waals surface area contributed by atoms with Crippen LogP contribution in [-0.4, -0.2) is 33.0 Å². The number of hydrogen-bond acceptors (Lipinski definition) is 4. The Hall–Kier alpha value is -1.28. The van der Waals surface area contributed by atoms with Crippen LogP contribution in [0.15, 0.2) is 46.7 Å². The van der Waals surface area contributed by atoms with Crippen LogP contribution in [0.1, 0.15) is 17.7 Å². The van der Waals surface area contributed by atoms with Crippen molar-refractivity contribution < 1.29 is 12.8 Å². The van der Waals surface area contributed by atoms with E-state index in [0.717, 1.165) is 38.5 Å². The molecule has 0 radical (unpaired) electrons. The minimum absolute atomic E-state index is 0.0161. The first-order valence-electron chi connectivity index (χ1n) is 8.03. The molecule has 1 aliphatic rings. The molecule has 0 spiro atoms. The SMILES string of the molecule is O=S(=O)(NCC1CCN(Cc2cccs2)CC1)c1cccc(F)c1. The van der Waals surface area contributed by atoms with E-state index in [1.54, 1.807) is 11.3 Å². The second kappa shape index (κ2) is 7.74. The normalized spacial score (nSPS) is 17.2. The Bertz CT molecular complexity index is 755. The van der Waals surface area contributed by atoms with Gasteiger partial charge in [-0.15, -0.1) is 11.3 Å². The minimum atomic E-state index is -3.64. The van der Waals surface area contributed by atoms with Crippen molar-refractivity contribution in [3.8, 4) is 0 Å². The predicted molar refractivity (Wildman–Crippen MR) is 93.9 cm³/mol. The number of likely N-dealkylation sites (tertiary alicyclic amines) is 1. The van der Waals surface area contributed by atoms with Crippen LogP contribution in [-0.2, 0) is 16.6 Å². The highest BCUT2D eigenvalue weighted by molar-refractivity contribution is 7.89. The van der Waals surface area contributed by atoms with Gasteiger partial charge in [-0.05, 0) is 61.5 Å². The molecule has 0 atom stereocenters. The van der Waals surface area contributed by atoms with Crippen molar-refractivity contribution >= 4 is 21.4 Å². The molecule has 7 heteroatoms. The molecule has 2 heterocycles. The van der Waals surface area contributed by atoms with E-state index in [0.29, 0.717) is 12.5 Å². The van der Waals surface area contributed by atoms with E-state index in [4.69, 9.17) is 0 Å². The quantitative estimate of drug-likeness (QED) is 0.852. The average Bonchev–Trinajstić information content (AvgIpc) is 3.07. The number of nitrogens with one attached hydrogen (secondary N) is 1. The number of benzene rings is 1. The van der Waals surface area contributed by atoms with Crippen LogP contribution in [0.25, 0.3) is 0 Å². The summed E-state index contributed by atoms with van der Waals surface area (Å²) in [6.45, 7) is 3.33. The zero-order valence-corrected chi connectivity index (χ0v) is 15.0. The van der Waals surface area contributed by atoms with Gasteiger partial charge in [0.25, 0.3) is 0 Å². The lowest BCUT2D eigenvalue weighted by atomic mass is 9.97. The molecular formula is C17H21FN2O2S2. The van der Waals surface area contributed by atoms with Crippen molar-refractivity contribution in [2.45, 2.75) is 24.3 Å². The maximum absolute atomic E-state index is 13.2. The number of nitrogens with zero attached hydrogens (tertiary/aromatic N) is 1. The summed E-state index contributed by atoms with van der Waals surface area (Å²) in [4.78, 5) is 3.75. The maximum atomic E-state index is 13.2. The minimum Gasteiger partial charge on any atom is -0.298 e. The molecule has 1 saturated heterocycles. The molecule has 0 saturated carbocycles. The van der Waals surface area contributed by atoms with Crippen LogP contribution >= 0.6 is 11.3 Å². The summed E-state index contributed by atoms with van der Waals surface area (Å²) in [6.07, 6.45) is 1.94. The number of thiophene rings is 1. The Balaban J connectivity index is 1.48. The first-order valence-corrected chi connectivity index (χ1v) is 10.4. The average molecular weight is 368 g/mol. The highest BCUT2D eigenvalue weighted by atomic mass is 32.2. The van der Waals surface area contributed by atoms with Gasteiger partial charge in [-0.25, -0.2) is 17.5 Å². The van der Waals surface area contributed by atoms with Crippen molar-refractivity contribution in [3.63, 3.8) is 0 Å². The summed E-state index contributed by atoms with van der Waals surface area (Å²) in [7, 11) is -3.64. The van der Waals surface area contributed by atoms with Gasteiger partial charge >= 0.3 is 0 Å². The van der Waals surface area contributed by atoms with E-state index in [1.165, 1.54) is 23.1 Å². The van der Waals surface area contributed by atoms with Crippen LogP contribution in [0.4, 0.5) is 4.39 Å². The molecule has 0 aliphatic carbocycles. The van der Waals surface area contributed by atoms with Crippen LogP contribution < -0.4 is 4.72 Å². The summed E-state index contributed by atoms with van der Waals surface area (Å²) < 4.78 is 40.2. The highest BCUT2D eigenvalue weighted by Crippen LogP contribution is 2.21. The molecule has 0 unspecified atom stereocenters. The zero-order valence-electron chi connectivity index (χ0n) is 13.3. The van der Waals surface area contributed by atoms with Gasteiger partial charge in [0.05, 0.1) is 4.90 Å². The Morgan fingerprint density at radius 1 is 1.21 bits per heavy atom. The molecule has 130 valence electrons. The Kier molecular flexibility index (Phi) is 5.65. The van der Waals surface area contributed by atoms with E-state index in [1.807, 2.05) is 0 Å². The van der Waals surface area contributed by atoms with E-state index in [2.05, 4.69) is 27.1 Å². The topological polar surface area (TPSA) is 49.4 Å². The fourth-order valence-electron chi connectivity index (χ4n) is 2.92. The largest absolute Gasteiger partial charge is 0.298 e. The molecule has 1 aliphatic heterocycles. The number of piperidine rings is 1. The number of sulfonamides is 1. The van der Waals surface area contributed by atoms with E-state index in [-0.39, 0.29) is 4.90 Å².